The Hall–Kier alpha value is -1.55. The molecule has 0 bridgehead atoms. The van der Waals surface area contributed by atoms with Crippen LogP contribution in [0.2, 0.25) is 0 Å². The van der Waals surface area contributed by atoms with Crippen LogP contribution in [-0.2, 0) is 4.74 Å². The van der Waals surface area contributed by atoms with Gasteiger partial charge in [-0.05, 0) is 31.5 Å². The molecule has 1 aliphatic heterocycles. The van der Waals surface area contributed by atoms with E-state index in [1.165, 1.54) is 0 Å². The summed E-state index contributed by atoms with van der Waals surface area (Å²) in [6.45, 7) is 6.95. The van der Waals surface area contributed by atoms with Crippen LogP contribution in [0.4, 0.5) is 10.5 Å². The summed E-state index contributed by atoms with van der Waals surface area (Å²) in [4.78, 5) is 14.0. The molecular formula is C14H20N2O2. The standard InChI is InChI=1S/C14H20N2O2/c1-3-16-9-8-12(10-16)18-14(17)15-13-7-5-4-6-11(13)2/h4-7,12H,3,8-10H2,1-2H3,(H,15,17). The number of carbonyl (C=O) groups is 1. The van der Waals surface area contributed by atoms with Crippen LogP contribution < -0.4 is 5.32 Å². The molecule has 2 rings (SSSR count). The second kappa shape index (κ2) is 5.87. The Morgan fingerprint density at radius 1 is 1.50 bits per heavy atom. The predicted octanol–water partition coefficient (Wildman–Crippen LogP) is 2.64. The SMILES string of the molecule is CCN1CCC(OC(=O)Nc2ccccc2C)C1. The summed E-state index contributed by atoms with van der Waals surface area (Å²) in [5, 5.41) is 2.79. The Kier molecular flexibility index (Phi) is 4.20. The summed E-state index contributed by atoms with van der Waals surface area (Å²) in [6, 6.07) is 7.69. The number of para-hydroxylation sites is 1. The number of ether oxygens (including phenoxy) is 1. The van der Waals surface area contributed by atoms with Gasteiger partial charge in [0.15, 0.2) is 0 Å². The highest BCUT2D eigenvalue weighted by Crippen LogP contribution is 2.16. The summed E-state index contributed by atoms with van der Waals surface area (Å²) in [6.07, 6.45) is 0.593. The van der Waals surface area contributed by atoms with Crippen molar-refractivity contribution in [3.05, 3.63) is 29.8 Å². The lowest BCUT2D eigenvalue weighted by molar-refractivity contribution is 0.114. The Labute approximate surface area is 108 Å². The van der Waals surface area contributed by atoms with Gasteiger partial charge >= 0.3 is 6.09 Å². The Bertz CT molecular complexity index is 420. The van der Waals surface area contributed by atoms with Gasteiger partial charge in [0, 0.05) is 18.8 Å². The lowest BCUT2D eigenvalue weighted by Crippen LogP contribution is -2.26. The van der Waals surface area contributed by atoms with Crippen molar-refractivity contribution in [1.82, 2.24) is 4.90 Å². The molecule has 1 amide bonds. The molecule has 18 heavy (non-hydrogen) atoms. The van der Waals surface area contributed by atoms with Crippen molar-refractivity contribution < 1.29 is 9.53 Å². The first-order valence-corrected chi connectivity index (χ1v) is 6.44. The molecule has 1 aromatic carbocycles. The number of carbonyl (C=O) groups excluding carboxylic acids is 1. The molecule has 0 spiro atoms. The molecule has 0 radical (unpaired) electrons. The van der Waals surface area contributed by atoms with Crippen LogP contribution in [0, 0.1) is 6.92 Å². The number of likely N-dealkylation sites (N-methyl/N-ethyl adjacent to an activating group) is 1. The van der Waals surface area contributed by atoms with E-state index in [0.29, 0.717) is 0 Å². The summed E-state index contributed by atoms with van der Waals surface area (Å²) in [5.74, 6) is 0. The van der Waals surface area contributed by atoms with Crippen molar-refractivity contribution in [2.45, 2.75) is 26.4 Å². The van der Waals surface area contributed by atoms with Crippen molar-refractivity contribution in [2.75, 3.05) is 25.0 Å². The van der Waals surface area contributed by atoms with Crippen molar-refractivity contribution in [1.29, 1.82) is 0 Å². The average Bonchev–Trinajstić information content (AvgIpc) is 2.80. The largest absolute Gasteiger partial charge is 0.445 e. The Balaban J connectivity index is 1.84. The highest BCUT2D eigenvalue weighted by Gasteiger charge is 2.24. The summed E-state index contributed by atoms with van der Waals surface area (Å²) >= 11 is 0. The summed E-state index contributed by atoms with van der Waals surface area (Å²) in [5.41, 5.74) is 1.85. The first kappa shape index (κ1) is 12.9. The molecule has 1 saturated heterocycles. The minimum Gasteiger partial charge on any atom is -0.445 e. The van der Waals surface area contributed by atoms with Gasteiger partial charge in [-0.2, -0.15) is 0 Å². The van der Waals surface area contributed by atoms with Crippen molar-refractivity contribution in [3.63, 3.8) is 0 Å². The molecule has 0 saturated carbocycles. The molecule has 1 aliphatic rings. The third-order valence-corrected chi connectivity index (χ3v) is 3.33. The van der Waals surface area contributed by atoms with Gasteiger partial charge in [0.05, 0.1) is 0 Å². The van der Waals surface area contributed by atoms with Gasteiger partial charge in [-0.1, -0.05) is 25.1 Å². The van der Waals surface area contributed by atoms with Crippen LogP contribution >= 0.6 is 0 Å². The number of nitrogens with zero attached hydrogens (tertiary/aromatic N) is 1. The molecule has 1 fully saturated rings. The highest BCUT2D eigenvalue weighted by atomic mass is 16.6. The maximum atomic E-state index is 11.8. The number of anilines is 1. The van der Waals surface area contributed by atoms with Gasteiger partial charge in [-0.25, -0.2) is 4.79 Å². The molecule has 1 heterocycles. The first-order valence-electron chi connectivity index (χ1n) is 6.44. The topological polar surface area (TPSA) is 41.6 Å². The number of likely N-dealkylation sites (tertiary alicyclic amines) is 1. The molecule has 1 atom stereocenters. The molecule has 4 heteroatoms. The Morgan fingerprint density at radius 3 is 2.94 bits per heavy atom. The summed E-state index contributed by atoms with van der Waals surface area (Å²) < 4.78 is 5.41. The smallest absolute Gasteiger partial charge is 0.411 e. The second-order valence-corrected chi connectivity index (χ2v) is 4.65. The fourth-order valence-electron chi connectivity index (χ4n) is 2.18. The highest BCUT2D eigenvalue weighted by molar-refractivity contribution is 5.85. The maximum absolute atomic E-state index is 11.8. The number of aryl methyl sites for hydroxylation is 1. The zero-order valence-corrected chi connectivity index (χ0v) is 11.0. The van der Waals surface area contributed by atoms with Gasteiger partial charge in [0.2, 0.25) is 0 Å². The monoisotopic (exact) mass is 248 g/mol. The van der Waals surface area contributed by atoms with Gasteiger partial charge in [0.25, 0.3) is 0 Å². The van der Waals surface area contributed by atoms with Crippen LogP contribution in [-0.4, -0.2) is 36.7 Å². The minimum atomic E-state index is -0.354. The molecule has 0 aromatic heterocycles. The van der Waals surface area contributed by atoms with E-state index in [2.05, 4.69) is 17.1 Å². The maximum Gasteiger partial charge on any atom is 0.411 e. The van der Waals surface area contributed by atoms with E-state index in [-0.39, 0.29) is 12.2 Å². The number of amides is 1. The number of hydrogen-bond acceptors (Lipinski definition) is 3. The molecule has 4 nitrogen and oxygen atoms in total. The molecule has 98 valence electrons. The second-order valence-electron chi connectivity index (χ2n) is 4.65. The van der Waals surface area contributed by atoms with Crippen LogP contribution in [0.5, 0.6) is 0 Å². The fourth-order valence-corrected chi connectivity index (χ4v) is 2.18. The number of rotatable bonds is 3. The molecule has 1 unspecified atom stereocenters. The van der Waals surface area contributed by atoms with Gasteiger partial charge < -0.3 is 4.74 Å². The molecule has 1 aromatic rings. The van der Waals surface area contributed by atoms with Gasteiger partial charge in [-0.3, -0.25) is 10.2 Å². The van der Waals surface area contributed by atoms with E-state index in [1.54, 1.807) is 0 Å². The van der Waals surface area contributed by atoms with Crippen LogP contribution in [0.1, 0.15) is 18.9 Å². The van der Waals surface area contributed by atoms with Crippen molar-refractivity contribution in [3.8, 4) is 0 Å². The third-order valence-electron chi connectivity index (χ3n) is 3.33. The van der Waals surface area contributed by atoms with Crippen LogP contribution in [0.25, 0.3) is 0 Å². The number of nitrogens with one attached hydrogen (secondary N) is 1. The number of benzene rings is 1. The third kappa shape index (κ3) is 3.23. The average molecular weight is 248 g/mol. The lowest BCUT2D eigenvalue weighted by atomic mass is 10.2. The van der Waals surface area contributed by atoms with Crippen LogP contribution in [0.15, 0.2) is 24.3 Å². The van der Waals surface area contributed by atoms with Crippen molar-refractivity contribution >= 4 is 11.8 Å². The van der Waals surface area contributed by atoms with E-state index in [1.807, 2.05) is 31.2 Å². The molecule has 0 aliphatic carbocycles. The summed E-state index contributed by atoms with van der Waals surface area (Å²) in [7, 11) is 0. The quantitative estimate of drug-likeness (QED) is 0.894. The normalized spacial score (nSPS) is 19.8. The van der Waals surface area contributed by atoms with Crippen LogP contribution in [0.3, 0.4) is 0 Å². The molecule has 1 N–H and O–H groups in total. The van der Waals surface area contributed by atoms with Gasteiger partial charge in [-0.15, -0.1) is 0 Å². The zero-order valence-electron chi connectivity index (χ0n) is 11.0. The predicted molar refractivity (Wildman–Crippen MR) is 71.8 cm³/mol. The number of hydrogen-bond donors (Lipinski definition) is 1. The lowest BCUT2D eigenvalue weighted by Gasteiger charge is -2.15. The van der Waals surface area contributed by atoms with E-state index >= 15 is 0 Å². The van der Waals surface area contributed by atoms with E-state index in [0.717, 1.165) is 37.3 Å². The van der Waals surface area contributed by atoms with E-state index in [4.69, 9.17) is 4.74 Å². The Morgan fingerprint density at radius 2 is 2.28 bits per heavy atom. The van der Waals surface area contributed by atoms with E-state index in [9.17, 15) is 4.79 Å². The van der Waals surface area contributed by atoms with Crippen molar-refractivity contribution in [2.24, 2.45) is 0 Å². The fraction of sp³-hybridized carbons (Fsp3) is 0.500. The van der Waals surface area contributed by atoms with E-state index < -0.39 is 0 Å². The molecular weight excluding hydrogens is 228 g/mol. The zero-order chi connectivity index (χ0) is 13.0. The van der Waals surface area contributed by atoms with Gasteiger partial charge in [0.1, 0.15) is 6.10 Å². The minimum absolute atomic E-state index is 0.0222. The first-order chi connectivity index (χ1) is 8.69.